The molecule has 3 atom stereocenters. The highest BCUT2D eigenvalue weighted by Gasteiger charge is 2.23. The summed E-state index contributed by atoms with van der Waals surface area (Å²) in [5, 5.41) is 13.9. The van der Waals surface area contributed by atoms with E-state index in [1.807, 2.05) is 27.2 Å². The van der Waals surface area contributed by atoms with Crippen LogP contribution in [-0.4, -0.2) is 68.5 Å². The molecule has 0 aliphatic carbocycles. The summed E-state index contributed by atoms with van der Waals surface area (Å²) in [5.41, 5.74) is 0. The third-order valence-electron chi connectivity index (χ3n) is 13.3. The Kier molecular flexibility index (Phi) is 50.2. The number of allylic oxidation sites excluding steroid dienone is 7. The number of amides is 1. The molecular weight excluding hydrogens is 876 g/mol. The lowest BCUT2D eigenvalue weighted by Crippen LogP contribution is -2.45. The van der Waals surface area contributed by atoms with Crippen LogP contribution in [-0.2, 0) is 18.4 Å². The standard InChI is InChI=1S/C60H115N2O6P/c1-6-8-10-12-14-16-18-20-22-24-26-28-29-30-31-32-33-34-36-38-40-42-44-46-48-50-52-54-60(64)61-58(57-68-69(65,66)67-56-55-62(3,4)5)59(63)53-51-49-47-45-43-41-39-37-35-27-25-23-21-19-17-15-13-11-9-7-2/h26,28,30-31,43,45,51,53,58-59,63H,6-25,27,29,32-42,44,46-50,52,54-57H2,1-5H3,(H-,61,64,65,66)/b28-26-,31-30-,45-43+,53-51+. The quantitative estimate of drug-likeness (QED) is 0.0272. The zero-order valence-corrected chi connectivity index (χ0v) is 47.2. The van der Waals surface area contributed by atoms with E-state index in [0.717, 1.165) is 44.9 Å². The molecule has 0 aromatic carbocycles. The minimum absolute atomic E-state index is 0.00718. The Labute approximate surface area is 429 Å². The van der Waals surface area contributed by atoms with Crippen molar-refractivity contribution in [3.8, 4) is 0 Å². The lowest BCUT2D eigenvalue weighted by molar-refractivity contribution is -0.870. The van der Waals surface area contributed by atoms with E-state index in [2.05, 4.69) is 55.6 Å². The van der Waals surface area contributed by atoms with Crippen molar-refractivity contribution in [2.75, 3.05) is 40.9 Å². The largest absolute Gasteiger partial charge is 0.756 e. The molecule has 0 saturated heterocycles. The summed E-state index contributed by atoms with van der Waals surface area (Å²) in [5.74, 6) is -0.207. The summed E-state index contributed by atoms with van der Waals surface area (Å²) in [4.78, 5) is 25.5. The predicted molar refractivity (Wildman–Crippen MR) is 298 cm³/mol. The first-order valence-electron chi connectivity index (χ1n) is 29.5. The molecule has 0 aromatic rings. The summed E-state index contributed by atoms with van der Waals surface area (Å²) in [6.07, 6.45) is 67.6. The number of likely N-dealkylation sites (N-methyl/N-ethyl adjacent to an activating group) is 1. The number of nitrogens with zero attached hydrogens (tertiary/aromatic N) is 1. The van der Waals surface area contributed by atoms with Crippen molar-refractivity contribution in [3.63, 3.8) is 0 Å². The molecule has 406 valence electrons. The third kappa shape index (κ3) is 54.1. The number of phosphoric ester groups is 1. The highest BCUT2D eigenvalue weighted by atomic mass is 31.2. The van der Waals surface area contributed by atoms with Crippen LogP contribution < -0.4 is 10.2 Å². The number of hydrogen-bond acceptors (Lipinski definition) is 6. The second-order valence-electron chi connectivity index (χ2n) is 21.3. The first-order valence-corrected chi connectivity index (χ1v) is 31.0. The molecule has 69 heavy (non-hydrogen) atoms. The molecule has 9 heteroatoms. The van der Waals surface area contributed by atoms with Gasteiger partial charge in [-0.1, -0.05) is 255 Å². The molecule has 0 heterocycles. The van der Waals surface area contributed by atoms with Gasteiger partial charge in [-0.05, 0) is 64.2 Å². The van der Waals surface area contributed by atoms with E-state index >= 15 is 0 Å². The van der Waals surface area contributed by atoms with Crippen LogP contribution in [0.15, 0.2) is 48.6 Å². The summed E-state index contributed by atoms with van der Waals surface area (Å²) in [6, 6.07) is -0.906. The number of nitrogens with one attached hydrogen (secondary N) is 1. The number of quaternary nitrogens is 1. The van der Waals surface area contributed by atoms with Gasteiger partial charge >= 0.3 is 0 Å². The number of phosphoric acid groups is 1. The van der Waals surface area contributed by atoms with Gasteiger partial charge in [-0.3, -0.25) is 9.36 Å². The van der Waals surface area contributed by atoms with Crippen LogP contribution in [0.1, 0.15) is 277 Å². The molecule has 0 saturated carbocycles. The molecule has 3 unspecified atom stereocenters. The number of aliphatic hydroxyl groups excluding tert-OH is 1. The summed E-state index contributed by atoms with van der Waals surface area (Å²) in [7, 11) is 1.25. The van der Waals surface area contributed by atoms with E-state index in [0.29, 0.717) is 17.4 Å². The van der Waals surface area contributed by atoms with Gasteiger partial charge in [0.2, 0.25) is 5.91 Å². The Balaban J connectivity index is 4.22. The van der Waals surface area contributed by atoms with Gasteiger partial charge in [0.25, 0.3) is 7.82 Å². The Morgan fingerprint density at radius 1 is 0.507 bits per heavy atom. The average Bonchev–Trinajstić information content (AvgIpc) is 3.31. The maximum absolute atomic E-state index is 13.0. The average molecular weight is 992 g/mol. The van der Waals surface area contributed by atoms with Crippen molar-refractivity contribution < 1.29 is 32.9 Å². The Morgan fingerprint density at radius 2 is 0.855 bits per heavy atom. The summed E-state index contributed by atoms with van der Waals surface area (Å²) >= 11 is 0. The number of rotatable bonds is 54. The van der Waals surface area contributed by atoms with E-state index < -0.39 is 26.6 Å². The predicted octanol–water partition coefficient (Wildman–Crippen LogP) is 17.3. The van der Waals surface area contributed by atoms with E-state index in [1.54, 1.807) is 6.08 Å². The molecule has 1 amide bonds. The molecule has 0 aliphatic heterocycles. The molecule has 2 N–H and O–H groups in total. The van der Waals surface area contributed by atoms with Gasteiger partial charge in [0.15, 0.2) is 0 Å². The minimum Gasteiger partial charge on any atom is -0.756 e. The first-order chi connectivity index (χ1) is 33.5. The van der Waals surface area contributed by atoms with Gasteiger partial charge in [0, 0.05) is 6.42 Å². The summed E-state index contributed by atoms with van der Waals surface area (Å²) in [6.45, 7) is 4.65. The molecule has 0 spiro atoms. The highest BCUT2D eigenvalue weighted by Crippen LogP contribution is 2.38. The van der Waals surface area contributed by atoms with Gasteiger partial charge in [-0.2, -0.15) is 0 Å². The van der Waals surface area contributed by atoms with Crippen LogP contribution in [0.25, 0.3) is 0 Å². The number of hydrogen-bond donors (Lipinski definition) is 2. The van der Waals surface area contributed by atoms with Crippen LogP contribution >= 0.6 is 7.82 Å². The van der Waals surface area contributed by atoms with Crippen LogP contribution in [0.3, 0.4) is 0 Å². The van der Waals surface area contributed by atoms with Crippen LogP contribution in [0, 0.1) is 0 Å². The number of carbonyl (C=O) groups is 1. The van der Waals surface area contributed by atoms with E-state index in [1.165, 1.54) is 212 Å². The second kappa shape index (κ2) is 51.4. The Bertz CT molecular complexity index is 1260. The van der Waals surface area contributed by atoms with Gasteiger partial charge in [-0.25, -0.2) is 0 Å². The van der Waals surface area contributed by atoms with Gasteiger partial charge in [0.1, 0.15) is 13.2 Å². The molecular formula is C60H115N2O6P. The smallest absolute Gasteiger partial charge is 0.268 e. The van der Waals surface area contributed by atoms with Crippen molar-refractivity contribution in [2.24, 2.45) is 0 Å². The maximum Gasteiger partial charge on any atom is 0.268 e. The lowest BCUT2D eigenvalue weighted by atomic mass is 10.0. The molecule has 0 fully saturated rings. The monoisotopic (exact) mass is 991 g/mol. The van der Waals surface area contributed by atoms with Gasteiger partial charge in [0.05, 0.1) is 39.9 Å². The summed E-state index contributed by atoms with van der Waals surface area (Å²) < 4.78 is 23.3. The molecule has 0 aromatic heterocycles. The van der Waals surface area contributed by atoms with E-state index in [-0.39, 0.29) is 12.5 Å². The van der Waals surface area contributed by atoms with Gasteiger partial charge in [-0.15, -0.1) is 0 Å². The third-order valence-corrected chi connectivity index (χ3v) is 14.2. The highest BCUT2D eigenvalue weighted by molar-refractivity contribution is 7.45. The zero-order valence-electron chi connectivity index (χ0n) is 46.3. The SMILES string of the molecule is CCCCCCCCCCC/C=C\C/C=C\CCCCCCCCCCCCCC(=O)NC(COP(=O)([O-])OCC[N+](C)(C)C)C(O)/C=C/CC/C=C/CCCCCCCCCCCCCCCC. The second-order valence-corrected chi connectivity index (χ2v) is 22.8. The topological polar surface area (TPSA) is 108 Å². The zero-order chi connectivity index (χ0) is 50.6. The minimum atomic E-state index is -4.61. The lowest BCUT2D eigenvalue weighted by Gasteiger charge is -2.29. The fourth-order valence-corrected chi connectivity index (χ4v) is 9.34. The van der Waals surface area contributed by atoms with Crippen LogP contribution in [0.2, 0.25) is 0 Å². The molecule has 0 radical (unpaired) electrons. The van der Waals surface area contributed by atoms with Crippen molar-refractivity contribution >= 4 is 13.7 Å². The maximum atomic E-state index is 13.0. The fourth-order valence-electron chi connectivity index (χ4n) is 8.61. The fraction of sp³-hybridized carbons (Fsp3) is 0.850. The Hall–Kier alpha value is -1.54. The number of unbranched alkanes of at least 4 members (excludes halogenated alkanes) is 35. The number of carbonyl (C=O) groups excluding carboxylic acids is 1. The number of aliphatic hydroxyl groups is 1. The van der Waals surface area contributed by atoms with Crippen LogP contribution in [0.4, 0.5) is 0 Å². The van der Waals surface area contributed by atoms with E-state index in [4.69, 9.17) is 9.05 Å². The molecule has 0 aliphatic rings. The van der Waals surface area contributed by atoms with Crippen molar-refractivity contribution in [1.29, 1.82) is 0 Å². The normalized spacial score (nSPS) is 14.2. The van der Waals surface area contributed by atoms with Crippen molar-refractivity contribution in [3.05, 3.63) is 48.6 Å². The first kappa shape index (κ1) is 67.5. The van der Waals surface area contributed by atoms with Crippen molar-refractivity contribution in [1.82, 2.24) is 5.32 Å². The van der Waals surface area contributed by atoms with E-state index in [9.17, 15) is 19.4 Å². The molecule has 0 bridgehead atoms. The molecule has 8 nitrogen and oxygen atoms in total. The van der Waals surface area contributed by atoms with Crippen LogP contribution in [0.5, 0.6) is 0 Å². The Morgan fingerprint density at radius 3 is 1.26 bits per heavy atom. The van der Waals surface area contributed by atoms with Gasteiger partial charge < -0.3 is 28.8 Å². The van der Waals surface area contributed by atoms with Crippen molar-refractivity contribution in [2.45, 2.75) is 289 Å². The molecule has 0 rings (SSSR count).